The van der Waals surface area contributed by atoms with Gasteiger partial charge in [-0.25, -0.2) is 4.39 Å². The molecule has 0 spiro atoms. The highest BCUT2D eigenvalue weighted by molar-refractivity contribution is 5.38. The van der Waals surface area contributed by atoms with Crippen molar-refractivity contribution in [2.75, 3.05) is 6.61 Å². The van der Waals surface area contributed by atoms with Gasteiger partial charge in [0.05, 0.1) is 12.2 Å². The molecule has 1 aromatic rings. The smallest absolute Gasteiger partial charge is 0.165 e. The zero-order chi connectivity index (χ0) is 11.8. The molecule has 3 heteroatoms. The predicted molar refractivity (Wildman–Crippen MR) is 59.9 cm³/mol. The van der Waals surface area contributed by atoms with Crippen LogP contribution in [0.2, 0.25) is 0 Å². The topological polar surface area (TPSA) is 29.5 Å². The van der Waals surface area contributed by atoms with Crippen molar-refractivity contribution >= 4 is 0 Å². The number of halogens is 1. The zero-order valence-corrected chi connectivity index (χ0v) is 9.66. The Morgan fingerprint density at radius 1 is 1.44 bits per heavy atom. The third-order valence-electron chi connectivity index (χ3n) is 2.79. The van der Waals surface area contributed by atoms with E-state index < -0.39 is 11.4 Å². The molecule has 0 aromatic heterocycles. The molecule has 0 radical (unpaired) electrons. The first-order valence-corrected chi connectivity index (χ1v) is 5.62. The number of rotatable bonds is 4. The van der Waals surface area contributed by atoms with Crippen LogP contribution in [-0.2, 0) is 5.60 Å². The highest BCUT2D eigenvalue weighted by Crippen LogP contribution is 2.34. The molecule has 1 aromatic carbocycles. The molecule has 0 saturated heterocycles. The van der Waals surface area contributed by atoms with E-state index in [1.807, 2.05) is 0 Å². The maximum atomic E-state index is 13.6. The summed E-state index contributed by atoms with van der Waals surface area (Å²) in [6.07, 6.45) is 2.32. The molecule has 0 unspecified atom stereocenters. The molecule has 16 heavy (non-hydrogen) atoms. The summed E-state index contributed by atoms with van der Waals surface area (Å²) in [4.78, 5) is 0. The van der Waals surface area contributed by atoms with Gasteiger partial charge in [0.1, 0.15) is 0 Å². The van der Waals surface area contributed by atoms with Gasteiger partial charge in [-0.2, -0.15) is 0 Å². The van der Waals surface area contributed by atoms with E-state index in [9.17, 15) is 9.50 Å². The molecule has 1 fully saturated rings. The van der Waals surface area contributed by atoms with E-state index in [0.29, 0.717) is 18.1 Å². The SMILES string of the molecule is CC(C)(O)c1cccc(F)c1OCC1CC1. The van der Waals surface area contributed by atoms with Gasteiger partial charge in [-0.3, -0.25) is 0 Å². The molecule has 88 valence electrons. The third kappa shape index (κ3) is 2.53. The van der Waals surface area contributed by atoms with Gasteiger partial charge in [0, 0.05) is 5.56 Å². The van der Waals surface area contributed by atoms with E-state index in [-0.39, 0.29) is 5.75 Å². The van der Waals surface area contributed by atoms with Gasteiger partial charge >= 0.3 is 0 Å². The van der Waals surface area contributed by atoms with Gasteiger partial charge < -0.3 is 9.84 Å². The van der Waals surface area contributed by atoms with Crippen molar-refractivity contribution in [2.24, 2.45) is 5.92 Å². The summed E-state index contributed by atoms with van der Waals surface area (Å²) < 4.78 is 19.1. The second-order valence-electron chi connectivity index (χ2n) is 4.93. The van der Waals surface area contributed by atoms with Crippen LogP contribution in [0.5, 0.6) is 5.75 Å². The summed E-state index contributed by atoms with van der Waals surface area (Å²) in [6, 6.07) is 4.65. The number of hydrogen-bond donors (Lipinski definition) is 1. The summed E-state index contributed by atoms with van der Waals surface area (Å²) in [7, 11) is 0. The molecule has 1 aliphatic carbocycles. The fourth-order valence-electron chi connectivity index (χ4n) is 1.62. The zero-order valence-electron chi connectivity index (χ0n) is 9.66. The van der Waals surface area contributed by atoms with E-state index in [0.717, 1.165) is 12.8 Å². The fourth-order valence-corrected chi connectivity index (χ4v) is 1.62. The van der Waals surface area contributed by atoms with Crippen molar-refractivity contribution in [2.45, 2.75) is 32.3 Å². The van der Waals surface area contributed by atoms with Crippen molar-refractivity contribution in [1.29, 1.82) is 0 Å². The lowest BCUT2D eigenvalue weighted by Gasteiger charge is -2.21. The van der Waals surface area contributed by atoms with Gasteiger partial charge in [-0.1, -0.05) is 12.1 Å². The van der Waals surface area contributed by atoms with Crippen LogP contribution < -0.4 is 4.74 Å². The lowest BCUT2D eigenvalue weighted by Crippen LogP contribution is -2.18. The Labute approximate surface area is 95.1 Å². The van der Waals surface area contributed by atoms with Crippen LogP contribution in [-0.4, -0.2) is 11.7 Å². The van der Waals surface area contributed by atoms with E-state index in [1.165, 1.54) is 6.07 Å². The van der Waals surface area contributed by atoms with E-state index in [2.05, 4.69) is 0 Å². The minimum Gasteiger partial charge on any atom is -0.490 e. The minimum atomic E-state index is -1.08. The summed E-state index contributed by atoms with van der Waals surface area (Å²) in [5.41, 5.74) is -0.575. The average Bonchev–Trinajstić information content (AvgIpc) is 2.97. The summed E-state index contributed by atoms with van der Waals surface area (Å²) >= 11 is 0. The Bertz CT molecular complexity index is 378. The van der Waals surface area contributed by atoms with Crippen molar-refractivity contribution < 1.29 is 14.2 Å². The Kier molecular flexibility index (Phi) is 2.89. The minimum absolute atomic E-state index is 0.196. The lowest BCUT2D eigenvalue weighted by atomic mass is 9.97. The molecule has 0 atom stereocenters. The van der Waals surface area contributed by atoms with E-state index >= 15 is 0 Å². The molecule has 0 heterocycles. The number of benzene rings is 1. The second kappa shape index (κ2) is 4.06. The Morgan fingerprint density at radius 3 is 2.69 bits per heavy atom. The maximum Gasteiger partial charge on any atom is 0.165 e. The van der Waals surface area contributed by atoms with Gasteiger partial charge in [-0.05, 0) is 38.7 Å². The standard InChI is InChI=1S/C13H17FO2/c1-13(2,15)10-4-3-5-11(14)12(10)16-8-9-6-7-9/h3-5,9,15H,6-8H2,1-2H3. The van der Waals surface area contributed by atoms with Crippen molar-refractivity contribution in [3.63, 3.8) is 0 Å². The number of ether oxygens (including phenoxy) is 1. The third-order valence-corrected chi connectivity index (χ3v) is 2.79. The van der Waals surface area contributed by atoms with E-state index in [4.69, 9.17) is 4.74 Å². The summed E-state index contributed by atoms with van der Waals surface area (Å²) in [6.45, 7) is 3.81. The van der Waals surface area contributed by atoms with Crippen LogP contribution in [0.25, 0.3) is 0 Å². The number of para-hydroxylation sites is 1. The highest BCUT2D eigenvalue weighted by atomic mass is 19.1. The van der Waals surface area contributed by atoms with Gasteiger partial charge in [0.15, 0.2) is 11.6 Å². The van der Waals surface area contributed by atoms with Gasteiger partial charge in [0.25, 0.3) is 0 Å². The Balaban J connectivity index is 2.24. The molecule has 0 aliphatic heterocycles. The monoisotopic (exact) mass is 224 g/mol. The van der Waals surface area contributed by atoms with Crippen molar-refractivity contribution in [3.8, 4) is 5.75 Å². The molecule has 1 saturated carbocycles. The molecular weight excluding hydrogens is 207 g/mol. The molecule has 1 N–H and O–H groups in total. The van der Waals surface area contributed by atoms with Crippen molar-refractivity contribution in [3.05, 3.63) is 29.6 Å². The summed E-state index contributed by atoms with van der Waals surface area (Å²) in [5, 5.41) is 9.93. The average molecular weight is 224 g/mol. The quantitative estimate of drug-likeness (QED) is 0.852. The first-order chi connectivity index (χ1) is 7.48. The number of aliphatic hydroxyl groups is 1. The second-order valence-corrected chi connectivity index (χ2v) is 4.93. The molecule has 0 amide bonds. The first kappa shape index (κ1) is 11.4. The van der Waals surface area contributed by atoms with Crippen LogP contribution in [0, 0.1) is 11.7 Å². The lowest BCUT2D eigenvalue weighted by molar-refractivity contribution is 0.0736. The fraction of sp³-hybridized carbons (Fsp3) is 0.538. The molecule has 1 aliphatic rings. The Morgan fingerprint density at radius 2 is 2.12 bits per heavy atom. The molecule has 2 nitrogen and oxygen atoms in total. The first-order valence-electron chi connectivity index (χ1n) is 5.62. The maximum absolute atomic E-state index is 13.6. The van der Waals surface area contributed by atoms with E-state index in [1.54, 1.807) is 26.0 Å². The highest BCUT2D eigenvalue weighted by Gasteiger charge is 2.26. The largest absolute Gasteiger partial charge is 0.490 e. The van der Waals surface area contributed by atoms with Crippen molar-refractivity contribution in [1.82, 2.24) is 0 Å². The molecular formula is C13H17FO2. The van der Waals surface area contributed by atoms with Crippen LogP contribution in [0.3, 0.4) is 0 Å². The molecule has 0 bridgehead atoms. The van der Waals surface area contributed by atoms with Gasteiger partial charge in [0.2, 0.25) is 0 Å². The van der Waals surface area contributed by atoms with Gasteiger partial charge in [-0.15, -0.1) is 0 Å². The van der Waals surface area contributed by atoms with Crippen LogP contribution in [0.15, 0.2) is 18.2 Å². The molecule has 2 rings (SSSR count). The predicted octanol–water partition coefficient (Wildman–Crippen LogP) is 2.84. The number of hydrogen-bond acceptors (Lipinski definition) is 2. The normalized spacial score (nSPS) is 16.2. The summed E-state index contributed by atoms with van der Waals surface area (Å²) in [5.74, 6) is 0.358. The van der Waals surface area contributed by atoms with Crippen LogP contribution in [0.4, 0.5) is 4.39 Å². The van der Waals surface area contributed by atoms with Crippen LogP contribution in [0.1, 0.15) is 32.3 Å². The Hall–Kier alpha value is -1.09. The van der Waals surface area contributed by atoms with Crippen LogP contribution >= 0.6 is 0 Å².